The fraction of sp³-hybridized carbons (Fsp3) is 0.263. The SMILES string of the molecule is CC1(NS(=O)(=O)c2ccc(-c3c(Cl)cc(NC(=S)NC#N)cc3C(F)(F)F)cc2)CC1. The fourth-order valence-corrected chi connectivity index (χ4v) is 4.84. The predicted molar refractivity (Wildman–Crippen MR) is 115 cm³/mol. The summed E-state index contributed by atoms with van der Waals surface area (Å²) in [5, 5.41) is 12.7. The molecule has 2 aromatic carbocycles. The second kappa shape index (κ2) is 8.27. The Labute approximate surface area is 187 Å². The first-order chi connectivity index (χ1) is 14.3. The Kier molecular flexibility index (Phi) is 6.21. The van der Waals surface area contributed by atoms with Crippen LogP contribution in [0.4, 0.5) is 18.9 Å². The first-order valence-corrected chi connectivity index (χ1v) is 11.1. The van der Waals surface area contributed by atoms with E-state index >= 15 is 0 Å². The van der Waals surface area contributed by atoms with Gasteiger partial charge in [-0.25, -0.2) is 13.1 Å². The van der Waals surface area contributed by atoms with Crippen LogP contribution in [-0.2, 0) is 16.2 Å². The van der Waals surface area contributed by atoms with Gasteiger partial charge < -0.3 is 5.32 Å². The van der Waals surface area contributed by atoms with Crippen molar-refractivity contribution in [2.75, 3.05) is 5.32 Å². The fourth-order valence-electron chi connectivity index (χ4n) is 2.88. The van der Waals surface area contributed by atoms with Crippen LogP contribution in [0.1, 0.15) is 25.3 Å². The van der Waals surface area contributed by atoms with Gasteiger partial charge in [0, 0.05) is 16.8 Å². The molecule has 0 spiro atoms. The molecule has 0 atom stereocenters. The van der Waals surface area contributed by atoms with Gasteiger partial charge in [0.15, 0.2) is 11.3 Å². The summed E-state index contributed by atoms with van der Waals surface area (Å²) in [6, 6.07) is 7.06. The molecule has 0 bridgehead atoms. The van der Waals surface area contributed by atoms with Crippen molar-refractivity contribution in [3.8, 4) is 17.3 Å². The van der Waals surface area contributed by atoms with Crippen LogP contribution in [0.25, 0.3) is 11.1 Å². The van der Waals surface area contributed by atoms with Crippen LogP contribution in [0.15, 0.2) is 41.3 Å². The number of anilines is 1. The van der Waals surface area contributed by atoms with Crippen LogP contribution in [-0.4, -0.2) is 19.1 Å². The Morgan fingerprint density at radius 3 is 2.35 bits per heavy atom. The molecule has 0 amide bonds. The zero-order valence-corrected chi connectivity index (χ0v) is 18.4. The average Bonchev–Trinajstić information content (AvgIpc) is 3.36. The van der Waals surface area contributed by atoms with Crippen molar-refractivity contribution in [2.24, 2.45) is 0 Å². The average molecular weight is 489 g/mol. The van der Waals surface area contributed by atoms with Crippen LogP contribution in [0, 0.1) is 11.5 Å². The highest BCUT2D eigenvalue weighted by atomic mass is 35.5. The van der Waals surface area contributed by atoms with Gasteiger partial charge in [-0.2, -0.15) is 18.4 Å². The van der Waals surface area contributed by atoms with E-state index in [0.29, 0.717) is 0 Å². The maximum atomic E-state index is 13.7. The molecule has 0 aliphatic heterocycles. The molecule has 1 aliphatic carbocycles. The van der Waals surface area contributed by atoms with E-state index in [9.17, 15) is 21.6 Å². The van der Waals surface area contributed by atoms with Crippen LogP contribution in [0.2, 0.25) is 5.02 Å². The van der Waals surface area contributed by atoms with Crippen LogP contribution >= 0.6 is 23.8 Å². The highest BCUT2D eigenvalue weighted by Crippen LogP contribution is 2.43. The number of hydrogen-bond acceptors (Lipinski definition) is 4. The topological polar surface area (TPSA) is 94.0 Å². The molecule has 0 radical (unpaired) electrons. The standard InChI is InChI=1S/C19H16ClF3N4O2S2/c1-18(6-7-18)27-31(28,29)13-4-2-11(3-5-13)16-14(19(21,22)23)8-12(9-15(16)20)26-17(30)25-10-24/h2-5,8-9,27H,6-7H2,1H3,(H2,25,26,30). The normalized spacial score (nSPS) is 15.1. The van der Waals surface area contributed by atoms with Gasteiger partial charge in [-0.15, -0.1) is 0 Å². The van der Waals surface area contributed by atoms with Crippen LogP contribution < -0.4 is 15.4 Å². The van der Waals surface area contributed by atoms with Crippen molar-refractivity contribution in [3.63, 3.8) is 0 Å². The molecule has 0 unspecified atom stereocenters. The molecular weight excluding hydrogens is 473 g/mol. The highest BCUT2D eigenvalue weighted by Gasteiger charge is 2.41. The number of thiocarbonyl (C=S) groups is 1. The molecule has 6 nitrogen and oxygen atoms in total. The quantitative estimate of drug-likeness (QED) is 0.323. The molecule has 1 saturated carbocycles. The summed E-state index contributed by atoms with van der Waals surface area (Å²) in [6.45, 7) is 1.78. The Bertz CT molecular complexity index is 1170. The minimum atomic E-state index is -4.76. The third-order valence-corrected chi connectivity index (χ3v) is 6.81. The third-order valence-electron chi connectivity index (χ3n) is 4.66. The molecule has 0 aromatic heterocycles. The maximum absolute atomic E-state index is 13.7. The van der Waals surface area contributed by atoms with E-state index < -0.39 is 27.3 Å². The number of hydrogen-bond donors (Lipinski definition) is 3. The summed E-state index contributed by atoms with van der Waals surface area (Å²) >= 11 is 11.0. The minimum absolute atomic E-state index is 0.0553. The number of sulfonamides is 1. The van der Waals surface area contributed by atoms with Crippen molar-refractivity contribution in [2.45, 2.75) is 36.4 Å². The number of nitrogens with zero attached hydrogens (tertiary/aromatic N) is 1. The Hall–Kier alpha value is -2.39. The van der Waals surface area contributed by atoms with E-state index in [0.717, 1.165) is 18.9 Å². The van der Waals surface area contributed by atoms with E-state index in [4.69, 9.17) is 29.1 Å². The second-order valence-corrected chi connectivity index (χ2v) is 9.76. The number of halogens is 4. The van der Waals surface area contributed by atoms with Gasteiger partial charge in [-0.1, -0.05) is 23.7 Å². The predicted octanol–water partition coefficient (Wildman–Crippen LogP) is 4.62. The molecule has 3 N–H and O–H groups in total. The van der Waals surface area contributed by atoms with E-state index in [1.165, 1.54) is 30.3 Å². The van der Waals surface area contributed by atoms with Gasteiger partial charge in [0.1, 0.15) is 0 Å². The van der Waals surface area contributed by atoms with Gasteiger partial charge in [0.05, 0.1) is 15.5 Å². The maximum Gasteiger partial charge on any atom is 0.417 e. The van der Waals surface area contributed by atoms with E-state index in [-0.39, 0.29) is 31.8 Å². The second-order valence-electron chi connectivity index (χ2n) is 7.26. The molecule has 1 fully saturated rings. The zero-order chi connectivity index (χ0) is 23.0. The Morgan fingerprint density at radius 1 is 1.23 bits per heavy atom. The molecule has 31 heavy (non-hydrogen) atoms. The van der Waals surface area contributed by atoms with Crippen LogP contribution in [0.5, 0.6) is 0 Å². The van der Waals surface area contributed by atoms with Crippen molar-refractivity contribution in [1.29, 1.82) is 5.26 Å². The van der Waals surface area contributed by atoms with Crippen molar-refractivity contribution in [1.82, 2.24) is 10.0 Å². The number of benzene rings is 2. The lowest BCUT2D eigenvalue weighted by Gasteiger charge is -2.18. The van der Waals surface area contributed by atoms with Gasteiger partial charge in [-0.3, -0.25) is 5.32 Å². The molecule has 12 heteroatoms. The first kappa shape index (κ1) is 23.3. The lowest BCUT2D eigenvalue weighted by Crippen LogP contribution is -2.34. The lowest BCUT2D eigenvalue weighted by molar-refractivity contribution is -0.137. The Morgan fingerprint density at radius 2 is 1.84 bits per heavy atom. The van der Waals surface area contributed by atoms with E-state index in [2.05, 4.69) is 15.4 Å². The largest absolute Gasteiger partial charge is 0.417 e. The van der Waals surface area contributed by atoms with Crippen LogP contribution in [0.3, 0.4) is 0 Å². The summed E-state index contributed by atoms with van der Waals surface area (Å²) in [4.78, 5) is -0.0553. The van der Waals surface area contributed by atoms with E-state index in [1.807, 2.05) is 0 Å². The first-order valence-electron chi connectivity index (χ1n) is 8.86. The molecule has 0 heterocycles. The summed E-state index contributed by atoms with van der Waals surface area (Å²) in [6.07, 6.45) is -1.75. The number of alkyl halides is 3. The monoisotopic (exact) mass is 488 g/mol. The van der Waals surface area contributed by atoms with Crippen molar-refractivity contribution >= 4 is 44.6 Å². The summed E-state index contributed by atoms with van der Waals surface area (Å²) < 4.78 is 68.8. The number of nitrogens with one attached hydrogen (secondary N) is 3. The number of rotatable bonds is 5. The van der Waals surface area contributed by atoms with Crippen molar-refractivity contribution < 1.29 is 21.6 Å². The van der Waals surface area contributed by atoms with Gasteiger partial charge in [0.25, 0.3) is 0 Å². The highest BCUT2D eigenvalue weighted by molar-refractivity contribution is 7.89. The van der Waals surface area contributed by atoms with Gasteiger partial charge in [-0.05, 0) is 61.8 Å². The lowest BCUT2D eigenvalue weighted by atomic mass is 9.98. The molecule has 1 aliphatic rings. The van der Waals surface area contributed by atoms with Crippen molar-refractivity contribution in [3.05, 3.63) is 47.0 Å². The van der Waals surface area contributed by atoms with Gasteiger partial charge >= 0.3 is 6.18 Å². The number of nitriles is 1. The zero-order valence-electron chi connectivity index (χ0n) is 16.0. The molecule has 2 aromatic rings. The summed E-state index contributed by atoms with van der Waals surface area (Å²) in [7, 11) is -3.79. The third kappa shape index (κ3) is 5.46. The van der Waals surface area contributed by atoms with Gasteiger partial charge in [0.2, 0.25) is 10.0 Å². The summed E-state index contributed by atoms with van der Waals surface area (Å²) in [5.41, 5.74) is -1.78. The smallest absolute Gasteiger partial charge is 0.332 e. The molecule has 3 rings (SSSR count). The minimum Gasteiger partial charge on any atom is -0.332 e. The van der Waals surface area contributed by atoms with E-state index in [1.54, 1.807) is 13.1 Å². The molecular formula is C19H16ClF3N4O2S2. The molecule has 164 valence electrons. The molecule has 0 saturated heterocycles. The summed E-state index contributed by atoms with van der Waals surface area (Å²) in [5.74, 6) is 0. The Balaban J connectivity index is 1.99.